The van der Waals surface area contributed by atoms with E-state index in [4.69, 9.17) is 35.5 Å². The van der Waals surface area contributed by atoms with E-state index in [9.17, 15) is 53.4 Å². The van der Waals surface area contributed by atoms with Gasteiger partial charge in [0.15, 0.2) is 11.6 Å². The van der Waals surface area contributed by atoms with Crippen LogP contribution in [0.5, 0.6) is 0 Å². The number of ketones is 4. The summed E-state index contributed by atoms with van der Waals surface area (Å²) in [4.78, 5) is 114. The van der Waals surface area contributed by atoms with Gasteiger partial charge in [-0.1, -0.05) is 90.4 Å². The molecule has 0 aliphatic heterocycles. The van der Waals surface area contributed by atoms with E-state index < -0.39 is 47.7 Å². The first-order chi connectivity index (χ1) is 37.9. The zero-order valence-electron chi connectivity index (χ0n) is 48.0. The number of nitrogens with one attached hydrogen (secondary N) is 3. The number of nitrogens with two attached hydrogens (primary N) is 2. The van der Waals surface area contributed by atoms with Crippen molar-refractivity contribution in [2.45, 2.75) is 206 Å². The molecule has 0 radical (unpaired) electrons. The van der Waals surface area contributed by atoms with Crippen molar-refractivity contribution >= 4 is 52.8 Å². The molecule has 0 aliphatic carbocycles. The van der Waals surface area contributed by atoms with Crippen LogP contribution < -0.4 is 22.1 Å². The number of aliphatic carboxylic acids is 2. The van der Waals surface area contributed by atoms with Gasteiger partial charge in [-0.05, 0) is 51.9 Å². The number of hydrogen-bond donors (Lipinski definition) is 8. The molecule has 0 spiro atoms. The maximum Gasteiger partial charge on any atom is 0.306 e. The van der Waals surface area contributed by atoms with Gasteiger partial charge in [-0.25, -0.2) is 4.98 Å². The highest BCUT2D eigenvalue weighted by Gasteiger charge is 2.31. The average Bonchev–Trinajstić information content (AvgIpc) is 3.92. The fourth-order valence-electron chi connectivity index (χ4n) is 8.43. The smallest absolute Gasteiger partial charge is 0.306 e. The normalized spacial score (nSPS) is 13.0. The van der Waals surface area contributed by atoms with Gasteiger partial charge in [0, 0.05) is 98.8 Å². The first kappa shape index (κ1) is 74.0. The molecule has 1 aromatic heterocycles. The number of aliphatic hydroxyl groups excluding tert-OH is 1. The second-order valence-corrected chi connectivity index (χ2v) is 20.4. The average molecular weight is 1130 g/mol. The summed E-state index contributed by atoms with van der Waals surface area (Å²) >= 11 is 0. The maximum atomic E-state index is 13.1. The summed E-state index contributed by atoms with van der Waals surface area (Å²) < 4.78 is 20.7. The number of carboxylic acid groups (broad SMARTS) is 2. The molecule has 79 heavy (non-hydrogen) atoms. The topological polar surface area (TPSA) is 356 Å². The Labute approximate surface area is 472 Å². The van der Waals surface area contributed by atoms with Crippen LogP contribution in [0.25, 0.3) is 0 Å². The van der Waals surface area contributed by atoms with Gasteiger partial charge in [-0.15, -0.1) is 0 Å². The monoisotopic (exact) mass is 1130 g/mol. The van der Waals surface area contributed by atoms with Crippen molar-refractivity contribution < 1.29 is 80.3 Å². The number of aromatic nitrogens is 2. The molecular formula is C57H104N6O16. The lowest BCUT2D eigenvalue weighted by atomic mass is 9.84. The number of carboxylic acids is 2. The second-order valence-electron chi connectivity index (χ2n) is 20.4. The summed E-state index contributed by atoms with van der Waals surface area (Å²) in [5, 5.41) is 33.3. The van der Waals surface area contributed by atoms with Crippen LogP contribution in [0.2, 0.25) is 0 Å². The van der Waals surface area contributed by atoms with Gasteiger partial charge in [0.1, 0.15) is 24.8 Å². The van der Waals surface area contributed by atoms with Crippen molar-refractivity contribution in [2.24, 2.45) is 29.2 Å². The van der Waals surface area contributed by atoms with Crippen LogP contribution in [0.3, 0.4) is 0 Å². The van der Waals surface area contributed by atoms with Gasteiger partial charge in [0.05, 0.1) is 56.7 Å². The number of aromatic amines is 1. The number of carbonyl (C=O) groups is 9. The minimum Gasteiger partial charge on any atom is -0.481 e. The number of carbonyl (C=O) groups excluding carboxylic acids is 7. The molecule has 0 aliphatic rings. The predicted octanol–water partition coefficient (Wildman–Crippen LogP) is 6.40. The van der Waals surface area contributed by atoms with Crippen LogP contribution in [0.4, 0.5) is 0 Å². The van der Waals surface area contributed by atoms with Gasteiger partial charge in [-0.2, -0.15) is 0 Å². The van der Waals surface area contributed by atoms with Crippen molar-refractivity contribution in [3.8, 4) is 0 Å². The van der Waals surface area contributed by atoms with Gasteiger partial charge in [0.25, 0.3) is 0 Å². The maximum absolute atomic E-state index is 13.1. The number of imidazole rings is 1. The number of Topliss-reactive ketones (excluding diaryl/α,β-unsaturated/α-hetero) is 4. The largest absolute Gasteiger partial charge is 0.481 e. The number of rotatable bonds is 54. The molecule has 1 heterocycles. The fraction of sp³-hybridized carbons (Fsp3) is 0.789. The summed E-state index contributed by atoms with van der Waals surface area (Å²) in [6.07, 6.45) is 21.9. The van der Waals surface area contributed by atoms with Crippen molar-refractivity contribution in [1.29, 1.82) is 0 Å². The van der Waals surface area contributed by atoms with E-state index in [1.54, 1.807) is 13.3 Å². The third-order valence-electron chi connectivity index (χ3n) is 13.2. The van der Waals surface area contributed by atoms with Crippen LogP contribution in [0.15, 0.2) is 12.5 Å². The SMILES string of the molecule is CCCNC(=O)CC[C@H](CC(=O)CCCCCCCCCCCCCCCCC(=O)O)C(=O)O.COCCOCC(=O)CCCOCCOCC(=O)NCCCC[C@H](CC(=O)[C@@H](N)Cc1cnc[nH]1)C(=O)C[C@H](C(N)=O)[C@@H](C)O.[HH].[HH]. The number of nitrogens with zero attached hydrogens (tertiary/aromatic N) is 1. The Morgan fingerprint density at radius 3 is 1.75 bits per heavy atom. The van der Waals surface area contributed by atoms with E-state index in [0.29, 0.717) is 83.5 Å². The van der Waals surface area contributed by atoms with Crippen molar-refractivity contribution in [3.63, 3.8) is 0 Å². The van der Waals surface area contributed by atoms with E-state index in [1.165, 1.54) is 64.6 Å². The molecule has 10 N–H and O–H groups in total. The second kappa shape index (κ2) is 50.0. The number of ether oxygens (including phenoxy) is 4. The molecule has 3 amide bonds. The lowest BCUT2D eigenvalue weighted by molar-refractivity contribution is -0.144. The number of aliphatic hydroxyl groups is 1. The van der Waals surface area contributed by atoms with Crippen molar-refractivity contribution in [1.82, 2.24) is 20.6 Å². The van der Waals surface area contributed by atoms with Crippen LogP contribution >= 0.6 is 0 Å². The van der Waals surface area contributed by atoms with Gasteiger partial charge < -0.3 is 61.4 Å². The Morgan fingerprint density at radius 1 is 0.620 bits per heavy atom. The third kappa shape index (κ3) is 44.4. The van der Waals surface area contributed by atoms with Gasteiger partial charge in [0.2, 0.25) is 17.7 Å². The van der Waals surface area contributed by atoms with Crippen molar-refractivity contribution in [3.05, 3.63) is 18.2 Å². The minimum absolute atomic E-state index is 0. The molecule has 5 atom stereocenters. The number of hydrogen-bond acceptors (Lipinski definition) is 16. The zero-order chi connectivity index (χ0) is 58.9. The Hall–Kier alpha value is -5.00. The molecule has 0 fully saturated rings. The lowest BCUT2D eigenvalue weighted by Gasteiger charge is -2.21. The molecule has 1 rings (SSSR count). The van der Waals surface area contributed by atoms with E-state index in [1.807, 2.05) is 6.92 Å². The summed E-state index contributed by atoms with van der Waals surface area (Å²) in [7, 11) is 1.56. The summed E-state index contributed by atoms with van der Waals surface area (Å²) in [5.41, 5.74) is 12.1. The molecule has 0 saturated heterocycles. The molecule has 0 unspecified atom stereocenters. The standard InChI is InChI=1S/C30H51N5O10.C27H49NO6.2H2/c1-21(36)25(30(32)41)16-27(38)22(14-28(39)26(31)15-23-17-33-20-35-23)6-3-4-8-34-29(40)19-45-13-12-43-9-5-7-24(37)18-44-11-10-42-2;1-2-21-28-25(30)20-19-23(27(33)34)22-24(29)17-15-13-11-9-7-5-3-4-6-8-10-12-14-16-18-26(31)32;;/h17,20-22,25-26,36H,3-16,18-19,31H2,1-2H3,(H2,32,41)(H,33,35)(H,34,40);23H,2-22H2,1H3,(H,28,30)(H,31,32)(H,33,34);2*1H/t21-,22-,25+,26+;23-;;/m11../s1. The Bertz CT molecular complexity index is 1830. The highest BCUT2D eigenvalue weighted by molar-refractivity contribution is 5.92. The minimum atomic E-state index is -1.11. The lowest BCUT2D eigenvalue weighted by Crippen LogP contribution is -2.38. The molecule has 22 heteroatoms. The van der Waals surface area contributed by atoms with Crippen LogP contribution in [0.1, 0.15) is 196 Å². The number of methoxy groups -OCH3 is 1. The van der Waals surface area contributed by atoms with E-state index in [-0.39, 0.29) is 103 Å². The first-order valence-corrected chi connectivity index (χ1v) is 28.9. The van der Waals surface area contributed by atoms with Crippen LogP contribution in [-0.2, 0) is 68.5 Å². The Morgan fingerprint density at radius 2 is 1.19 bits per heavy atom. The number of H-pyrrole nitrogens is 1. The first-order valence-electron chi connectivity index (χ1n) is 28.9. The van der Waals surface area contributed by atoms with E-state index in [2.05, 4.69) is 20.6 Å². The molecule has 0 saturated carbocycles. The molecule has 458 valence electrons. The number of primary amides is 1. The van der Waals surface area contributed by atoms with Crippen LogP contribution in [-0.4, -0.2) is 157 Å². The third-order valence-corrected chi connectivity index (χ3v) is 13.2. The van der Waals surface area contributed by atoms with E-state index in [0.717, 1.165) is 44.9 Å². The van der Waals surface area contributed by atoms with Crippen molar-refractivity contribution in [2.75, 3.05) is 66.4 Å². The molecule has 0 bridgehead atoms. The Kier molecular flexibility index (Phi) is 46.8. The summed E-state index contributed by atoms with van der Waals surface area (Å²) in [5.74, 6) is -6.13. The molecule has 1 aromatic rings. The van der Waals surface area contributed by atoms with E-state index >= 15 is 0 Å². The van der Waals surface area contributed by atoms with Gasteiger partial charge in [-0.3, -0.25) is 43.2 Å². The van der Waals surface area contributed by atoms with Crippen LogP contribution in [0, 0.1) is 17.8 Å². The molecule has 0 aromatic carbocycles. The summed E-state index contributed by atoms with van der Waals surface area (Å²) in [6, 6.07) is -0.838. The summed E-state index contributed by atoms with van der Waals surface area (Å²) in [6.45, 7) is 5.92. The number of unbranched alkanes of at least 4 members (excludes halogenated alkanes) is 14. The predicted molar refractivity (Wildman–Crippen MR) is 302 cm³/mol. The fourth-order valence-corrected chi connectivity index (χ4v) is 8.43. The molecular weight excluding hydrogens is 1020 g/mol. The van der Waals surface area contributed by atoms with Gasteiger partial charge >= 0.3 is 11.9 Å². The molecule has 22 nitrogen and oxygen atoms in total. The number of amides is 3. The Balaban J connectivity index is -0.00000152. The highest BCUT2D eigenvalue weighted by atomic mass is 16.5. The zero-order valence-corrected chi connectivity index (χ0v) is 48.0. The highest BCUT2D eigenvalue weighted by Crippen LogP contribution is 2.22. The quantitative estimate of drug-likeness (QED) is 0.0327.